The molecule has 4 N–H and O–H groups in total. The minimum atomic E-state index is -0.142. The average molecular weight is 428 g/mol. The number of aryl methyl sites for hydroxylation is 2. The summed E-state index contributed by atoms with van der Waals surface area (Å²) >= 11 is 0. The second-order valence-electron chi connectivity index (χ2n) is 8.30. The third-order valence-electron chi connectivity index (χ3n) is 6.10. The third kappa shape index (κ3) is 6.69. The van der Waals surface area contributed by atoms with E-state index in [1.165, 1.54) is 5.52 Å². The number of rotatable bonds is 10. The summed E-state index contributed by atoms with van der Waals surface area (Å²) in [5.41, 5.74) is 7.66. The molecule has 2 heterocycles. The van der Waals surface area contributed by atoms with E-state index in [1.54, 1.807) is 0 Å². The van der Waals surface area contributed by atoms with Gasteiger partial charge in [0.2, 0.25) is 5.91 Å². The van der Waals surface area contributed by atoms with E-state index in [2.05, 4.69) is 55.2 Å². The Hall–Kier alpha value is -2.61. The van der Waals surface area contributed by atoms with Crippen LogP contribution in [0.4, 0.5) is 0 Å². The number of carbonyl (C=O) groups excluding carboxylic acids is 1. The lowest BCUT2D eigenvalue weighted by atomic mass is 9.96. The van der Waals surface area contributed by atoms with Crippen LogP contribution >= 0.6 is 0 Å². The number of piperidine rings is 1. The minimum absolute atomic E-state index is 0.0729. The van der Waals surface area contributed by atoms with Crippen LogP contribution in [0, 0.1) is 12.8 Å². The fourth-order valence-electron chi connectivity index (χ4n) is 4.25. The van der Waals surface area contributed by atoms with E-state index in [9.17, 15) is 4.79 Å². The first-order chi connectivity index (χ1) is 15.1. The smallest absolute Gasteiger partial charge is 0.220 e. The van der Waals surface area contributed by atoms with Crippen LogP contribution in [0.25, 0.3) is 11.0 Å². The molecule has 0 bridgehead atoms. The number of primary amides is 1. The molecule has 31 heavy (non-hydrogen) atoms. The number of nitrogens with two attached hydrogens (primary N) is 1. The summed E-state index contributed by atoms with van der Waals surface area (Å²) < 4.78 is 2.28. The summed E-state index contributed by atoms with van der Waals surface area (Å²) in [7, 11) is 1.81. The predicted molar refractivity (Wildman–Crippen MR) is 126 cm³/mol. The molecule has 1 aromatic heterocycles. The number of aliphatic imine (C=N–C) groups is 1. The molecule has 0 atom stereocenters. The molecule has 0 spiro atoms. The number of imidazole rings is 1. The Morgan fingerprint density at radius 3 is 2.55 bits per heavy atom. The number of guanidine groups is 1. The molecular formula is C23H37N7O. The molecule has 1 aliphatic rings. The molecule has 0 radical (unpaired) electrons. The molecule has 1 fully saturated rings. The Balaban J connectivity index is 1.27. The molecule has 0 unspecified atom stereocenters. The second kappa shape index (κ2) is 11.7. The largest absolute Gasteiger partial charge is 0.369 e. The lowest BCUT2D eigenvalue weighted by molar-refractivity contribution is -0.123. The highest BCUT2D eigenvalue weighted by Gasteiger charge is 2.22. The number of para-hydroxylation sites is 2. The molecule has 0 saturated carbocycles. The van der Waals surface area contributed by atoms with Gasteiger partial charge in [-0.15, -0.1) is 0 Å². The van der Waals surface area contributed by atoms with Crippen molar-refractivity contribution in [2.75, 3.05) is 39.8 Å². The highest BCUT2D eigenvalue weighted by atomic mass is 16.1. The zero-order valence-corrected chi connectivity index (χ0v) is 18.9. The number of nitrogens with one attached hydrogen (secondary N) is 2. The SMILES string of the molecule is CN=C(NCCCCN1CCC(C(N)=O)CC1)NCCCn1c(C)nc2ccccc21. The number of hydrogen-bond acceptors (Lipinski definition) is 4. The fraction of sp³-hybridized carbons (Fsp3) is 0.609. The lowest BCUT2D eigenvalue weighted by Gasteiger charge is -2.30. The van der Waals surface area contributed by atoms with Crippen LogP contribution in [0.5, 0.6) is 0 Å². The van der Waals surface area contributed by atoms with Crippen molar-refractivity contribution in [3.05, 3.63) is 30.1 Å². The Morgan fingerprint density at radius 1 is 1.13 bits per heavy atom. The third-order valence-corrected chi connectivity index (χ3v) is 6.10. The minimum Gasteiger partial charge on any atom is -0.369 e. The molecule has 3 rings (SSSR count). The maximum Gasteiger partial charge on any atom is 0.220 e. The van der Waals surface area contributed by atoms with Gasteiger partial charge in [-0.2, -0.15) is 0 Å². The summed E-state index contributed by atoms with van der Waals surface area (Å²) in [6.07, 6.45) is 5.04. The highest BCUT2D eigenvalue weighted by molar-refractivity contribution is 5.79. The Bertz CT molecular complexity index is 868. The van der Waals surface area contributed by atoms with Crippen molar-refractivity contribution in [3.8, 4) is 0 Å². The van der Waals surface area contributed by atoms with E-state index in [1.807, 2.05) is 13.1 Å². The molecule has 1 aliphatic heterocycles. The molecule has 170 valence electrons. The molecule has 1 aromatic carbocycles. The molecule has 8 heteroatoms. The number of aromatic nitrogens is 2. The number of hydrogen-bond donors (Lipinski definition) is 3. The topological polar surface area (TPSA) is 101 Å². The molecule has 1 saturated heterocycles. The first kappa shape index (κ1) is 23.1. The van der Waals surface area contributed by atoms with Crippen molar-refractivity contribution in [1.82, 2.24) is 25.1 Å². The normalized spacial score (nSPS) is 16.0. The zero-order chi connectivity index (χ0) is 22.1. The molecule has 1 amide bonds. The van der Waals surface area contributed by atoms with Crippen molar-refractivity contribution in [3.63, 3.8) is 0 Å². The van der Waals surface area contributed by atoms with Gasteiger partial charge in [0.15, 0.2) is 5.96 Å². The van der Waals surface area contributed by atoms with E-state index in [0.29, 0.717) is 0 Å². The molecular weight excluding hydrogens is 390 g/mol. The van der Waals surface area contributed by atoms with Gasteiger partial charge in [-0.3, -0.25) is 9.79 Å². The second-order valence-corrected chi connectivity index (χ2v) is 8.30. The number of fused-ring (bicyclic) bond motifs is 1. The van der Waals surface area contributed by atoms with Gasteiger partial charge in [0, 0.05) is 32.6 Å². The monoisotopic (exact) mass is 427 g/mol. The maximum absolute atomic E-state index is 11.2. The first-order valence-corrected chi connectivity index (χ1v) is 11.5. The summed E-state index contributed by atoms with van der Waals surface area (Å²) in [5.74, 6) is 1.84. The Labute approximate surface area is 185 Å². The van der Waals surface area contributed by atoms with Crippen LogP contribution in [0.1, 0.15) is 37.9 Å². The van der Waals surface area contributed by atoms with Crippen LogP contribution < -0.4 is 16.4 Å². The van der Waals surface area contributed by atoms with E-state index < -0.39 is 0 Å². The van der Waals surface area contributed by atoms with Crippen LogP contribution in [0.3, 0.4) is 0 Å². The number of amides is 1. The van der Waals surface area contributed by atoms with Crippen LogP contribution in [0.15, 0.2) is 29.3 Å². The number of unbranched alkanes of at least 4 members (excludes halogenated alkanes) is 1. The predicted octanol–water partition coefficient (Wildman–Crippen LogP) is 1.88. The summed E-state index contributed by atoms with van der Waals surface area (Å²) in [6, 6.07) is 8.28. The fourth-order valence-corrected chi connectivity index (χ4v) is 4.25. The van der Waals surface area contributed by atoms with Crippen LogP contribution in [0.2, 0.25) is 0 Å². The van der Waals surface area contributed by atoms with Gasteiger partial charge in [0.05, 0.1) is 11.0 Å². The Morgan fingerprint density at radius 2 is 1.84 bits per heavy atom. The van der Waals surface area contributed by atoms with Crippen molar-refractivity contribution in [2.45, 2.75) is 45.6 Å². The standard InChI is InChI=1S/C23H37N7O/c1-18-28-20-8-3-4-9-21(20)30(18)15-7-13-27-23(25-2)26-12-5-6-14-29-16-10-19(11-17-29)22(24)31/h3-4,8-9,19H,5-7,10-17H2,1-2H3,(H2,24,31)(H2,25,26,27). The molecule has 8 nitrogen and oxygen atoms in total. The number of carbonyl (C=O) groups is 1. The van der Waals surface area contributed by atoms with Crippen molar-refractivity contribution < 1.29 is 4.79 Å². The molecule has 0 aliphatic carbocycles. The number of likely N-dealkylation sites (tertiary alicyclic amines) is 1. The first-order valence-electron chi connectivity index (χ1n) is 11.5. The highest BCUT2D eigenvalue weighted by Crippen LogP contribution is 2.17. The number of benzene rings is 1. The summed E-state index contributed by atoms with van der Waals surface area (Å²) in [6.45, 7) is 7.81. The van der Waals surface area contributed by atoms with E-state index >= 15 is 0 Å². The van der Waals surface area contributed by atoms with E-state index in [-0.39, 0.29) is 11.8 Å². The lowest BCUT2D eigenvalue weighted by Crippen LogP contribution is -2.40. The summed E-state index contributed by atoms with van der Waals surface area (Å²) in [4.78, 5) is 22.6. The summed E-state index contributed by atoms with van der Waals surface area (Å²) in [5, 5.41) is 6.81. The van der Waals surface area contributed by atoms with Gasteiger partial charge in [-0.05, 0) is 70.8 Å². The average Bonchev–Trinajstić information content (AvgIpc) is 3.10. The number of nitrogens with zero attached hydrogens (tertiary/aromatic N) is 4. The van der Waals surface area contributed by atoms with Crippen LogP contribution in [-0.2, 0) is 11.3 Å². The van der Waals surface area contributed by atoms with Crippen molar-refractivity contribution in [2.24, 2.45) is 16.6 Å². The van der Waals surface area contributed by atoms with Gasteiger partial charge >= 0.3 is 0 Å². The zero-order valence-electron chi connectivity index (χ0n) is 18.9. The van der Waals surface area contributed by atoms with Gasteiger partial charge in [0.1, 0.15) is 5.82 Å². The van der Waals surface area contributed by atoms with Gasteiger partial charge in [-0.25, -0.2) is 4.98 Å². The van der Waals surface area contributed by atoms with Gasteiger partial charge in [-0.1, -0.05) is 12.1 Å². The van der Waals surface area contributed by atoms with Crippen LogP contribution in [-0.4, -0.2) is 66.1 Å². The van der Waals surface area contributed by atoms with Crippen molar-refractivity contribution >= 4 is 22.9 Å². The molecule has 2 aromatic rings. The van der Waals surface area contributed by atoms with Gasteiger partial charge < -0.3 is 25.8 Å². The quantitative estimate of drug-likeness (QED) is 0.305. The Kier molecular flexibility index (Phi) is 8.70. The van der Waals surface area contributed by atoms with E-state index in [4.69, 9.17) is 5.73 Å². The van der Waals surface area contributed by atoms with Crippen molar-refractivity contribution in [1.29, 1.82) is 0 Å². The van der Waals surface area contributed by atoms with Gasteiger partial charge in [0.25, 0.3) is 0 Å². The van der Waals surface area contributed by atoms with E-state index in [0.717, 1.165) is 88.7 Å². The maximum atomic E-state index is 11.2.